The summed E-state index contributed by atoms with van der Waals surface area (Å²) in [5, 5.41) is 3.75. The SMILES string of the molecule is CC1(C)c2ccccc2-c2ccc(-c3ccc4c(c3)Cc3nc5c6ccccc6c6ccccc6n5c3-4)cc21. The van der Waals surface area contributed by atoms with Crippen molar-refractivity contribution in [2.24, 2.45) is 0 Å². The van der Waals surface area contributed by atoms with Crippen LogP contribution in [0.3, 0.4) is 0 Å². The average Bonchev–Trinajstić information content (AvgIpc) is 3.59. The Balaban J connectivity index is 1.22. The summed E-state index contributed by atoms with van der Waals surface area (Å²) in [5.74, 6) is 0. The lowest BCUT2D eigenvalue weighted by atomic mass is 9.81. The standard InChI is InChI=1S/C37H26N2/c1-37(2)31-13-7-5-10-27(31)28-18-16-23(20-32(28)37)22-15-17-25-24(19-22)21-33-35(25)39-34-14-8-6-11-29(34)26-9-3-4-12-30(26)36(39)38-33/h3-20H,21H2,1-2H3. The van der Waals surface area contributed by atoms with Gasteiger partial charge in [-0.3, -0.25) is 4.40 Å². The summed E-state index contributed by atoms with van der Waals surface area (Å²) >= 11 is 0. The Morgan fingerprint density at radius 1 is 0.615 bits per heavy atom. The zero-order valence-electron chi connectivity index (χ0n) is 22.0. The van der Waals surface area contributed by atoms with Crippen LogP contribution < -0.4 is 0 Å². The molecule has 0 amide bonds. The molecule has 0 fully saturated rings. The number of rotatable bonds is 1. The molecule has 7 aromatic rings. The fraction of sp³-hybridized carbons (Fsp3) is 0.108. The molecule has 9 rings (SSSR count). The molecule has 0 atom stereocenters. The van der Waals surface area contributed by atoms with Crippen molar-refractivity contribution in [3.8, 4) is 33.5 Å². The van der Waals surface area contributed by atoms with E-state index in [1.165, 1.54) is 77.6 Å². The lowest BCUT2D eigenvalue weighted by Gasteiger charge is -2.22. The number of imidazole rings is 1. The topological polar surface area (TPSA) is 17.3 Å². The second kappa shape index (κ2) is 7.24. The second-order valence-corrected chi connectivity index (χ2v) is 11.6. The van der Waals surface area contributed by atoms with Crippen LogP contribution >= 0.6 is 0 Å². The predicted molar refractivity (Wildman–Crippen MR) is 161 cm³/mol. The number of fused-ring (bicyclic) bond motifs is 13. The molecule has 2 heterocycles. The molecular weight excluding hydrogens is 472 g/mol. The van der Waals surface area contributed by atoms with Gasteiger partial charge < -0.3 is 0 Å². The maximum Gasteiger partial charge on any atom is 0.145 e. The molecule has 39 heavy (non-hydrogen) atoms. The van der Waals surface area contributed by atoms with E-state index in [4.69, 9.17) is 4.98 Å². The van der Waals surface area contributed by atoms with E-state index in [1.54, 1.807) is 0 Å². The number of benzene rings is 5. The van der Waals surface area contributed by atoms with Crippen LogP contribution in [-0.2, 0) is 11.8 Å². The normalized spacial score (nSPS) is 14.5. The third kappa shape index (κ3) is 2.68. The highest BCUT2D eigenvalue weighted by Crippen LogP contribution is 2.50. The number of pyridine rings is 1. The van der Waals surface area contributed by atoms with Crippen LogP contribution in [0.15, 0.2) is 109 Å². The quantitative estimate of drug-likeness (QED) is 0.206. The van der Waals surface area contributed by atoms with Gasteiger partial charge >= 0.3 is 0 Å². The molecule has 0 bridgehead atoms. The Morgan fingerprint density at radius 3 is 2.15 bits per heavy atom. The first-order chi connectivity index (χ1) is 19.1. The van der Waals surface area contributed by atoms with Gasteiger partial charge in [0.2, 0.25) is 0 Å². The maximum absolute atomic E-state index is 5.24. The summed E-state index contributed by atoms with van der Waals surface area (Å²) in [7, 11) is 0. The molecule has 0 unspecified atom stereocenters. The Labute approximate surface area is 227 Å². The van der Waals surface area contributed by atoms with Crippen molar-refractivity contribution < 1.29 is 0 Å². The van der Waals surface area contributed by atoms with Crippen LogP contribution in [0.2, 0.25) is 0 Å². The van der Waals surface area contributed by atoms with Gasteiger partial charge in [-0.15, -0.1) is 0 Å². The summed E-state index contributed by atoms with van der Waals surface area (Å²) in [6.07, 6.45) is 0.866. The van der Waals surface area contributed by atoms with Crippen molar-refractivity contribution in [1.29, 1.82) is 0 Å². The molecular formula is C37H26N2. The minimum Gasteiger partial charge on any atom is -0.291 e. The molecule has 0 aliphatic heterocycles. The van der Waals surface area contributed by atoms with Gasteiger partial charge in [0.25, 0.3) is 0 Å². The van der Waals surface area contributed by atoms with Crippen LogP contribution in [0.25, 0.3) is 60.8 Å². The monoisotopic (exact) mass is 498 g/mol. The van der Waals surface area contributed by atoms with Gasteiger partial charge in [-0.25, -0.2) is 4.98 Å². The Bertz CT molecular complexity index is 2180. The first kappa shape index (κ1) is 21.3. The Morgan fingerprint density at radius 2 is 1.28 bits per heavy atom. The van der Waals surface area contributed by atoms with Gasteiger partial charge in [0.15, 0.2) is 0 Å². The zero-order chi connectivity index (χ0) is 25.9. The molecule has 2 nitrogen and oxygen atoms in total. The van der Waals surface area contributed by atoms with E-state index in [-0.39, 0.29) is 5.41 Å². The third-order valence-electron chi connectivity index (χ3n) is 9.19. The number of hydrogen-bond donors (Lipinski definition) is 0. The fourth-order valence-corrected chi connectivity index (χ4v) is 7.30. The van der Waals surface area contributed by atoms with Crippen LogP contribution in [0.4, 0.5) is 0 Å². The van der Waals surface area contributed by atoms with E-state index >= 15 is 0 Å². The molecule has 0 spiro atoms. The molecule has 0 saturated carbocycles. The van der Waals surface area contributed by atoms with Crippen molar-refractivity contribution in [1.82, 2.24) is 9.38 Å². The smallest absolute Gasteiger partial charge is 0.145 e. The lowest BCUT2D eigenvalue weighted by molar-refractivity contribution is 0.660. The van der Waals surface area contributed by atoms with Gasteiger partial charge in [-0.1, -0.05) is 111 Å². The summed E-state index contributed by atoms with van der Waals surface area (Å²) in [6.45, 7) is 4.70. The first-order valence-electron chi connectivity index (χ1n) is 13.8. The summed E-state index contributed by atoms with van der Waals surface area (Å²) in [5.41, 5.74) is 15.5. The van der Waals surface area contributed by atoms with E-state index < -0.39 is 0 Å². The predicted octanol–water partition coefficient (Wildman–Crippen LogP) is 9.19. The number of hydrogen-bond acceptors (Lipinski definition) is 1. The number of nitrogens with zero attached hydrogens (tertiary/aromatic N) is 2. The molecule has 184 valence electrons. The highest BCUT2D eigenvalue weighted by atomic mass is 15.0. The second-order valence-electron chi connectivity index (χ2n) is 11.6. The molecule has 2 aliphatic rings. The van der Waals surface area contributed by atoms with Gasteiger partial charge in [0.05, 0.1) is 16.9 Å². The number of aromatic nitrogens is 2. The van der Waals surface area contributed by atoms with Crippen LogP contribution in [0.5, 0.6) is 0 Å². The summed E-state index contributed by atoms with van der Waals surface area (Å²) in [4.78, 5) is 5.24. The minimum atomic E-state index is 0.00442. The van der Waals surface area contributed by atoms with Crippen LogP contribution in [0.1, 0.15) is 36.2 Å². The Kier molecular flexibility index (Phi) is 3.95. The highest BCUT2D eigenvalue weighted by molar-refractivity contribution is 6.12. The van der Waals surface area contributed by atoms with Crippen molar-refractivity contribution >= 4 is 27.3 Å². The lowest BCUT2D eigenvalue weighted by Crippen LogP contribution is -2.14. The summed E-state index contributed by atoms with van der Waals surface area (Å²) < 4.78 is 2.40. The highest BCUT2D eigenvalue weighted by Gasteiger charge is 2.35. The van der Waals surface area contributed by atoms with E-state index in [0.29, 0.717) is 0 Å². The molecule has 0 N–H and O–H groups in total. The van der Waals surface area contributed by atoms with E-state index in [2.05, 4.69) is 127 Å². The largest absolute Gasteiger partial charge is 0.291 e. The third-order valence-corrected chi connectivity index (χ3v) is 9.19. The van der Waals surface area contributed by atoms with Gasteiger partial charge in [0.1, 0.15) is 5.65 Å². The van der Waals surface area contributed by atoms with E-state index in [1.807, 2.05) is 0 Å². The molecule has 2 aliphatic carbocycles. The first-order valence-corrected chi connectivity index (χ1v) is 13.8. The maximum atomic E-state index is 5.24. The number of para-hydroxylation sites is 1. The van der Waals surface area contributed by atoms with Gasteiger partial charge in [-0.2, -0.15) is 0 Å². The Hall–Kier alpha value is -4.69. The van der Waals surface area contributed by atoms with E-state index in [9.17, 15) is 0 Å². The fourth-order valence-electron chi connectivity index (χ4n) is 7.30. The van der Waals surface area contributed by atoms with Crippen LogP contribution in [0, 0.1) is 0 Å². The molecule has 2 heteroatoms. The molecule has 0 saturated heterocycles. The zero-order valence-corrected chi connectivity index (χ0v) is 22.0. The minimum absolute atomic E-state index is 0.00442. The van der Waals surface area contributed by atoms with Crippen molar-refractivity contribution in [2.45, 2.75) is 25.7 Å². The average molecular weight is 499 g/mol. The molecule has 5 aromatic carbocycles. The van der Waals surface area contributed by atoms with Crippen molar-refractivity contribution in [3.63, 3.8) is 0 Å². The van der Waals surface area contributed by atoms with Gasteiger partial charge in [0, 0.05) is 28.2 Å². The van der Waals surface area contributed by atoms with Crippen molar-refractivity contribution in [2.75, 3.05) is 0 Å². The van der Waals surface area contributed by atoms with Crippen LogP contribution in [-0.4, -0.2) is 9.38 Å². The molecule has 2 aromatic heterocycles. The molecule has 0 radical (unpaired) electrons. The summed E-state index contributed by atoms with van der Waals surface area (Å²) in [6, 6.07) is 40.3. The van der Waals surface area contributed by atoms with Gasteiger partial charge in [-0.05, 0) is 56.5 Å². The van der Waals surface area contributed by atoms with E-state index in [0.717, 1.165) is 12.1 Å². The van der Waals surface area contributed by atoms with Crippen molar-refractivity contribution in [3.05, 3.63) is 132 Å².